The lowest BCUT2D eigenvalue weighted by Crippen LogP contribution is -2.45. The highest BCUT2D eigenvalue weighted by Crippen LogP contribution is 2.19. The first-order chi connectivity index (χ1) is 11.7. The Morgan fingerprint density at radius 1 is 1.21 bits per heavy atom. The van der Waals surface area contributed by atoms with Crippen LogP contribution in [-0.2, 0) is 11.3 Å². The normalized spacial score (nSPS) is 15.1. The minimum atomic E-state index is -0.348. The number of halogens is 1. The van der Waals surface area contributed by atoms with Gasteiger partial charge in [-0.15, -0.1) is 0 Å². The number of ether oxygens (including phenoxy) is 1. The molecule has 1 N–H and O–H groups in total. The fourth-order valence-electron chi connectivity index (χ4n) is 2.74. The van der Waals surface area contributed by atoms with Crippen molar-refractivity contribution in [2.24, 2.45) is 0 Å². The molecule has 0 saturated carbocycles. The van der Waals surface area contributed by atoms with Crippen LogP contribution < -0.4 is 10.2 Å². The quantitative estimate of drug-likeness (QED) is 0.864. The van der Waals surface area contributed by atoms with Crippen molar-refractivity contribution in [1.82, 2.24) is 10.3 Å². The Morgan fingerprint density at radius 2 is 1.96 bits per heavy atom. The number of nitrogens with zero attached hydrogens (tertiary/aromatic N) is 2. The van der Waals surface area contributed by atoms with Gasteiger partial charge in [-0.2, -0.15) is 0 Å². The van der Waals surface area contributed by atoms with Crippen molar-refractivity contribution in [3.05, 3.63) is 58.7 Å². The summed E-state index contributed by atoms with van der Waals surface area (Å²) in [5.74, 6) is 0.975. The van der Waals surface area contributed by atoms with E-state index in [1.54, 1.807) is 6.20 Å². The molecule has 1 aliphatic rings. The number of nitrogens with one attached hydrogen (secondary N) is 1. The smallest absolute Gasteiger partial charge is 0.407 e. The molecule has 2 heterocycles. The molecule has 0 radical (unpaired) electrons. The second-order valence-corrected chi connectivity index (χ2v) is 6.72. The van der Waals surface area contributed by atoms with Crippen LogP contribution in [0.25, 0.3) is 0 Å². The number of rotatable bonds is 4. The predicted octanol–water partition coefficient (Wildman–Crippen LogP) is 3.74. The third-order valence-electron chi connectivity index (χ3n) is 4.07. The van der Waals surface area contributed by atoms with E-state index in [2.05, 4.69) is 31.1 Å². The topological polar surface area (TPSA) is 54.5 Å². The van der Waals surface area contributed by atoms with Crippen molar-refractivity contribution < 1.29 is 9.53 Å². The number of carbonyl (C=O) groups is 1. The molecule has 5 nitrogen and oxygen atoms in total. The summed E-state index contributed by atoms with van der Waals surface area (Å²) >= 11 is 3.40. The molecule has 0 atom stereocenters. The zero-order chi connectivity index (χ0) is 16.8. The van der Waals surface area contributed by atoms with E-state index >= 15 is 0 Å². The van der Waals surface area contributed by atoms with Gasteiger partial charge in [0.05, 0.1) is 0 Å². The van der Waals surface area contributed by atoms with E-state index < -0.39 is 0 Å². The van der Waals surface area contributed by atoms with Crippen LogP contribution in [-0.4, -0.2) is 30.2 Å². The third-order valence-corrected chi connectivity index (χ3v) is 4.53. The highest BCUT2D eigenvalue weighted by Gasteiger charge is 2.21. The fourth-order valence-corrected chi connectivity index (χ4v) is 2.97. The van der Waals surface area contributed by atoms with Crippen LogP contribution in [0.15, 0.2) is 53.1 Å². The van der Waals surface area contributed by atoms with Crippen molar-refractivity contribution in [2.45, 2.75) is 25.5 Å². The van der Waals surface area contributed by atoms with Crippen molar-refractivity contribution >= 4 is 27.8 Å². The van der Waals surface area contributed by atoms with E-state index in [0.717, 1.165) is 41.8 Å². The Bertz CT molecular complexity index is 656. The van der Waals surface area contributed by atoms with Gasteiger partial charge in [0.15, 0.2) is 0 Å². The van der Waals surface area contributed by atoms with Gasteiger partial charge in [-0.1, -0.05) is 30.3 Å². The number of hydrogen-bond acceptors (Lipinski definition) is 4. The van der Waals surface area contributed by atoms with Gasteiger partial charge in [-0.3, -0.25) is 0 Å². The van der Waals surface area contributed by atoms with E-state index in [9.17, 15) is 4.79 Å². The molecule has 1 aromatic heterocycles. The Balaban J connectivity index is 1.41. The maximum Gasteiger partial charge on any atom is 0.407 e. The Hall–Kier alpha value is -2.08. The van der Waals surface area contributed by atoms with Crippen LogP contribution in [0, 0.1) is 0 Å². The molecule has 126 valence electrons. The molecule has 0 aliphatic carbocycles. The highest BCUT2D eigenvalue weighted by molar-refractivity contribution is 9.10. The number of carbonyl (C=O) groups excluding carboxylic acids is 1. The van der Waals surface area contributed by atoms with Gasteiger partial charge in [0.1, 0.15) is 12.4 Å². The van der Waals surface area contributed by atoms with E-state index in [-0.39, 0.29) is 12.1 Å². The van der Waals surface area contributed by atoms with Crippen LogP contribution in [0.2, 0.25) is 0 Å². The summed E-state index contributed by atoms with van der Waals surface area (Å²) in [4.78, 5) is 18.6. The van der Waals surface area contributed by atoms with Gasteiger partial charge in [-0.05, 0) is 46.5 Å². The molecule has 3 rings (SSSR count). The minimum absolute atomic E-state index is 0.153. The molecule has 1 saturated heterocycles. The summed E-state index contributed by atoms with van der Waals surface area (Å²) in [6.07, 6.45) is 3.23. The molecular weight excluding hydrogens is 370 g/mol. The van der Waals surface area contributed by atoms with Crippen LogP contribution >= 0.6 is 15.9 Å². The Labute approximate surface area is 150 Å². The second kappa shape index (κ2) is 8.15. The number of hydrogen-bond donors (Lipinski definition) is 1. The van der Waals surface area contributed by atoms with Crippen LogP contribution in [0.5, 0.6) is 0 Å². The van der Waals surface area contributed by atoms with Gasteiger partial charge >= 0.3 is 6.09 Å². The van der Waals surface area contributed by atoms with Crippen LogP contribution in [0.3, 0.4) is 0 Å². The van der Waals surface area contributed by atoms with Gasteiger partial charge in [0, 0.05) is 29.8 Å². The highest BCUT2D eigenvalue weighted by atomic mass is 79.9. The van der Waals surface area contributed by atoms with E-state index in [0.29, 0.717) is 6.61 Å². The van der Waals surface area contributed by atoms with Crippen LogP contribution in [0.1, 0.15) is 18.4 Å². The van der Waals surface area contributed by atoms with E-state index in [1.807, 2.05) is 42.5 Å². The predicted molar refractivity (Wildman–Crippen MR) is 96.9 cm³/mol. The monoisotopic (exact) mass is 389 g/mol. The van der Waals surface area contributed by atoms with Crippen LogP contribution in [0.4, 0.5) is 10.6 Å². The Kier molecular flexibility index (Phi) is 5.69. The molecule has 1 aliphatic heterocycles. The summed E-state index contributed by atoms with van der Waals surface area (Å²) < 4.78 is 6.25. The van der Waals surface area contributed by atoms with Crippen molar-refractivity contribution in [1.29, 1.82) is 0 Å². The molecule has 2 aromatic rings. The SMILES string of the molecule is O=C(NC1CCN(c2ccc(Br)cn2)CC1)OCc1ccccc1. The fraction of sp³-hybridized carbons (Fsp3) is 0.333. The van der Waals surface area contributed by atoms with E-state index in [1.165, 1.54) is 0 Å². The zero-order valence-corrected chi connectivity index (χ0v) is 14.9. The maximum absolute atomic E-state index is 11.9. The number of pyridine rings is 1. The van der Waals surface area contributed by atoms with Gasteiger partial charge in [0.25, 0.3) is 0 Å². The maximum atomic E-state index is 11.9. The number of benzene rings is 1. The summed E-state index contributed by atoms with van der Waals surface area (Å²) in [7, 11) is 0. The lowest BCUT2D eigenvalue weighted by atomic mass is 10.1. The summed E-state index contributed by atoms with van der Waals surface area (Å²) in [6.45, 7) is 2.05. The molecule has 0 spiro atoms. The summed E-state index contributed by atoms with van der Waals surface area (Å²) in [6, 6.07) is 13.8. The number of amides is 1. The molecule has 0 bridgehead atoms. The lowest BCUT2D eigenvalue weighted by Gasteiger charge is -2.32. The van der Waals surface area contributed by atoms with Gasteiger partial charge in [-0.25, -0.2) is 9.78 Å². The average Bonchev–Trinajstić information content (AvgIpc) is 2.62. The third kappa shape index (κ3) is 4.71. The molecule has 1 amide bonds. The standard InChI is InChI=1S/C18H20BrN3O2/c19-15-6-7-17(20-12-15)22-10-8-16(9-11-22)21-18(23)24-13-14-4-2-1-3-5-14/h1-7,12,16H,8-11,13H2,(H,21,23). The largest absolute Gasteiger partial charge is 0.445 e. The first-order valence-corrected chi connectivity index (χ1v) is 8.84. The van der Waals surface area contributed by atoms with Gasteiger partial charge < -0.3 is 15.0 Å². The number of piperidine rings is 1. The van der Waals surface area contributed by atoms with Gasteiger partial charge in [0.2, 0.25) is 0 Å². The molecule has 1 aromatic carbocycles. The number of aromatic nitrogens is 1. The molecule has 1 fully saturated rings. The first-order valence-electron chi connectivity index (χ1n) is 8.04. The van der Waals surface area contributed by atoms with Crippen molar-refractivity contribution in [2.75, 3.05) is 18.0 Å². The molecule has 0 unspecified atom stereocenters. The summed E-state index contributed by atoms with van der Waals surface area (Å²) in [5, 5.41) is 2.95. The van der Waals surface area contributed by atoms with E-state index in [4.69, 9.17) is 4.74 Å². The van der Waals surface area contributed by atoms with Crippen molar-refractivity contribution in [3.63, 3.8) is 0 Å². The number of anilines is 1. The second-order valence-electron chi connectivity index (χ2n) is 5.80. The average molecular weight is 390 g/mol. The number of alkyl carbamates (subject to hydrolysis) is 1. The Morgan fingerprint density at radius 3 is 2.62 bits per heavy atom. The lowest BCUT2D eigenvalue weighted by molar-refractivity contribution is 0.134. The summed E-state index contributed by atoms with van der Waals surface area (Å²) in [5.41, 5.74) is 0.990. The zero-order valence-electron chi connectivity index (χ0n) is 13.3. The van der Waals surface area contributed by atoms with Crippen molar-refractivity contribution in [3.8, 4) is 0 Å². The molecule has 24 heavy (non-hydrogen) atoms. The molecule has 6 heteroatoms. The first kappa shape index (κ1) is 16.8. The minimum Gasteiger partial charge on any atom is -0.445 e. The molecular formula is C18H20BrN3O2.